The fraction of sp³-hybridized carbons (Fsp3) is 0.692. The van der Waals surface area contributed by atoms with Gasteiger partial charge in [-0.15, -0.1) is 0 Å². The molecule has 1 saturated heterocycles. The number of carbonyl (C=O) groups is 1. The monoisotopic (exact) mass is 314 g/mol. The molecule has 1 fully saturated rings. The van der Waals surface area contributed by atoms with Gasteiger partial charge in [0.05, 0.1) is 12.1 Å². The topological polar surface area (TPSA) is 84.3 Å². The van der Waals surface area contributed by atoms with Gasteiger partial charge < -0.3 is 0 Å². The van der Waals surface area contributed by atoms with Crippen LogP contribution in [0.3, 0.4) is 0 Å². The molecular weight excluding hydrogens is 292 g/mol. The van der Waals surface area contributed by atoms with Crippen molar-refractivity contribution in [2.45, 2.75) is 45.6 Å². The third-order valence-electron chi connectivity index (χ3n) is 3.43. The molecule has 1 amide bonds. The zero-order valence-corrected chi connectivity index (χ0v) is 13.3. The van der Waals surface area contributed by atoms with Crippen molar-refractivity contribution in [3.05, 3.63) is 18.0 Å². The molecule has 0 spiro atoms. The molecule has 118 valence electrons. The molecule has 2 heterocycles. The summed E-state index contributed by atoms with van der Waals surface area (Å²) in [4.78, 5) is 11.9. The minimum atomic E-state index is -3.71. The Kier molecular flexibility index (Phi) is 5.00. The Balaban J connectivity index is 1.93. The summed E-state index contributed by atoms with van der Waals surface area (Å²) >= 11 is 0. The lowest BCUT2D eigenvalue weighted by molar-refractivity contribution is -0.118. The molecule has 0 atom stereocenters. The molecule has 1 aliphatic rings. The predicted octanol–water partition coefficient (Wildman–Crippen LogP) is 0.853. The van der Waals surface area contributed by atoms with E-state index in [1.807, 2.05) is 13.8 Å². The van der Waals surface area contributed by atoms with Crippen LogP contribution in [0.5, 0.6) is 0 Å². The summed E-state index contributed by atoms with van der Waals surface area (Å²) in [5, 5.41) is 4.24. The van der Waals surface area contributed by atoms with Crippen LogP contribution >= 0.6 is 0 Å². The molecule has 1 aliphatic heterocycles. The Morgan fingerprint density at radius 1 is 1.33 bits per heavy atom. The maximum atomic E-state index is 12.1. The lowest BCUT2D eigenvalue weighted by Gasteiger charge is -2.25. The van der Waals surface area contributed by atoms with Crippen molar-refractivity contribution < 1.29 is 13.2 Å². The van der Waals surface area contributed by atoms with Crippen molar-refractivity contribution >= 4 is 16.1 Å². The molecule has 0 unspecified atom stereocenters. The quantitative estimate of drug-likeness (QED) is 0.873. The summed E-state index contributed by atoms with van der Waals surface area (Å²) in [6.07, 6.45) is 4.47. The van der Waals surface area contributed by atoms with Gasteiger partial charge in [0.2, 0.25) is 5.91 Å². The first-order chi connectivity index (χ1) is 9.88. The number of nitrogens with zero attached hydrogens (tertiary/aromatic N) is 3. The molecule has 1 N–H and O–H groups in total. The maximum Gasteiger partial charge on any atom is 0.303 e. The lowest BCUT2D eigenvalue weighted by Crippen LogP contribution is -2.46. The maximum absolute atomic E-state index is 12.1. The van der Waals surface area contributed by atoms with Gasteiger partial charge in [-0.05, 0) is 32.8 Å². The minimum absolute atomic E-state index is 0.0349. The van der Waals surface area contributed by atoms with E-state index >= 15 is 0 Å². The van der Waals surface area contributed by atoms with Gasteiger partial charge in [-0.2, -0.15) is 17.8 Å². The molecule has 0 aromatic carbocycles. The molecule has 8 heteroatoms. The van der Waals surface area contributed by atoms with Gasteiger partial charge in [-0.3, -0.25) is 9.48 Å². The minimum Gasteiger partial charge on any atom is -0.274 e. The van der Waals surface area contributed by atoms with Gasteiger partial charge in [0.25, 0.3) is 0 Å². The molecule has 0 saturated carbocycles. The Morgan fingerprint density at radius 3 is 2.57 bits per heavy atom. The number of rotatable bonds is 5. The summed E-state index contributed by atoms with van der Waals surface area (Å²) in [5.41, 5.74) is 0.565. The summed E-state index contributed by atoms with van der Waals surface area (Å²) < 4.78 is 29.3. The second-order valence-corrected chi connectivity index (χ2v) is 7.22. The smallest absolute Gasteiger partial charge is 0.274 e. The number of hydrogen-bond donors (Lipinski definition) is 1. The molecule has 2 rings (SSSR count). The molecule has 0 radical (unpaired) electrons. The zero-order valence-electron chi connectivity index (χ0n) is 12.4. The molecular formula is C13H22N4O3S. The number of aromatic nitrogens is 2. The highest BCUT2D eigenvalue weighted by Crippen LogP contribution is 2.12. The number of carbonyl (C=O) groups excluding carboxylic acids is 1. The fourth-order valence-electron chi connectivity index (χ4n) is 2.27. The number of piperidine rings is 1. The standard InChI is InChI=1S/C13H22N4O3S/c1-11(2)17-9-6-12(14-17)10-13(18)15-21(19,20)16-7-4-3-5-8-16/h6,9,11H,3-5,7-8,10H2,1-2H3,(H,15,18). The van der Waals surface area contributed by atoms with E-state index in [1.54, 1.807) is 16.9 Å². The van der Waals surface area contributed by atoms with Crippen LogP contribution in [-0.2, 0) is 21.4 Å². The zero-order chi connectivity index (χ0) is 15.5. The summed E-state index contributed by atoms with van der Waals surface area (Å²) in [6, 6.07) is 1.94. The summed E-state index contributed by atoms with van der Waals surface area (Å²) in [5.74, 6) is -0.547. The number of nitrogens with one attached hydrogen (secondary N) is 1. The van der Waals surface area contributed by atoms with Crippen molar-refractivity contribution in [1.29, 1.82) is 0 Å². The first-order valence-corrected chi connectivity index (χ1v) is 8.67. The molecule has 1 aromatic heterocycles. The van der Waals surface area contributed by atoms with Gasteiger partial charge in [0.1, 0.15) is 0 Å². The molecule has 21 heavy (non-hydrogen) atoms. The van der Waals surface area contributed by atoms with Gasteiger partial charge in [0, 0.05) is 25.3 Å². The van der Waals surface area contributed by atoms with Gasteiger partial charge >= 0.3 is 10.2 Å². The molecule has 1 aromatic rings. The largest absolute Gasteiger partial charge is 0.303 e. The van der Waals surface area contributed by atoms with E-state index in [0.29, 0.717) is 18.8 Å². The van der Waals surface area contributed by atoms with Crippen molar-refractivity contribution in [3.8, 4) is 0 Å². The SMILES string of the molecule is CC(C)n1ccc(CC(=O)NS(=O)(=O)N2CCCCC2)n1. The van der Waals surface area contributed by atoms with E-state index < -0.39 is 16.1 Å². The third-order valence-corrected chi connectivity index (χ3v) is 4.96. The average molecular weight is 314 g/mol. The number of hydrogen-bond acceptors (Lipinski definition) is 4. The van der Waals surface area contributed by atoms with Gasteiger partial charge in [0.15, 0.2) is 0 Å². The molecule has 0 aliphatic carbocycles. The van der Waals surface area contributed by atoms with Gasteiger partial charge in [-0.1, -0.05) is 6.42 Å². The van der Waals surface area contributed by atoms with Gasteiger partial charge in [-0.25, -0.2) is 4.72 Å². The Morgan fingerprint density at radius 2 is 2.00 bits per heavy atom. The second kappa shape index (κ2) is 6.57. The summed E-state index contributed by atoms with van der Waals surface area (Å²) in [6.45, 7) is 4.92. The average Bonchev–Trinajstić information content (AvgIpc) is 2.87. The normalized spacial score (nSPS) is 17.1. The van der Waals surface area contributed by atoms with E-state index in [-0.39, 0.29) is 12.5 Å². The van der Waals surface area contributed by atoms with Crippen molar-refractivity contribution in [2.75, 3.05) is 13.1 Å². The van der Waals surface area contributed by atoms with E-state index in [1.165, 1.54) is 4.31 Å². The van der Waals surface area contributed by atoms with Crippen LogP contribution in [-0.4, -0.2) is 41.5 Å². The highest BCUT2D eigenvalue weighted by atomic mass is 32.2. The van der Waals surface area contributed by atoms with Crippen molar-refractivity contribution in [1.82, 2.24) is 18.8 Å². The van der Waals surface area contributed by atoms with Crippen LogP contribution in [0, 0.1) is 0 Å². The van der Waals surface area contributed by atoms with Crippen LogP contribution < -0.4 is 4.72 Å². The number of amides is 1. The first kappa shape index (κ1) is 16.0. The van der Waals surface area contributed by atoms with Crippen LogP contribution in [0.15, 0.2) is 12.3 Å². The van der Waals surface area contributed by atoms with Crippen molar-refractivity contribution in [3.63, 3.8) is 0 Å². The highest BCUT2D eigenvalue weighted by Gasteiger charge is 2.25. The molecule has 7 nitrogen and oxygen atoms in total. The second-order valence-electron chi connectivity index (χ2n) is 5.55. The van der Waals surface area contributed by atoms with Crippen LogP contribution in [0.4, 0.5) is 0 Å². The fourth-order valence-corrected chi connectivity index (χ4v) is 3.50. The van der Waals surface area contributed by atoms with Crippen molar-refractivity contribution in [2.24, 2.45) is 0 Å². The van der Waals surface area contributed by atoms with Crippen LogP contribution in [0.25, 0.3) is 0 Å². The van der Waals surface area contributed by atoms with E-state index in [2.05, 4.69) is 9.82 Å². The highest BCUT2D eigenvalue weighted by molar-refractivity contribution is 7.87. The van der Waals surface area contributed by atoms with E-state index in [0.717, 1.165) is 19.3 Å². The Hall–Kier alpha value is -1.41. The van der Waals surface area contributed by atoms with E-state index in [4.69, 9.17) is 0 Å². The van der Waals surface area contributed by atoms with E-state index in [9.17, 15) is 13.2 Å². The Bertz CT molecular complexity index is 588. The Labute approximate surface area is 125 Å². The third kappa shape index (κ3) is 4.28. The molecule has 0 bridgehead atoms. The lowest BCUT2D eigenvalue weighted by atomic mass is 10.2. The van der Waals surface area contributed by atoms with Crippen LogP contribution in [0.2, 0.25) is 0 Å². The van der Waals surface area contributed by atoms with Crippen LogP contribution in [0.1, 0.15) is 44.8 Å². The first-order valence-electron chi connectivity index (χ1n) is 7.23. The predicted molar refractivity (Wildman–Crippen MR) is 78.8 cm³/mol. The summed E-state index contributed by atoms with van der Waals surface area (Å²) in [7, 11) is -3.71.